The van der Waals surface area contributed by atoms with Crippen LogP contribution in [-0.4, -0.2) is 64.0 Å². The lowest BCUT2D eigenvalue weighted by atomic mass is 10.1. The first-order valence-electron chi connectivity index (χ1n) is 12.5. The zero-order valence-corrected chi connectivity index (χ0v) is 21.0. The SMILES string of the molecule is O=C1NC(F)(F)c2cc(Nc3ncc(-c4nc(N5CCOCC5)no4)c(N[C@H](CO)c4ccccc4)n3)ccc21. The van der Waals surface area contributed by atoms with Gasteiger partial charge in [0, 0.05) is 25.0 Å². The first kappa shape index (κ1) is 25.6. The molecule has 40 heavy (non-hydrogen) atoms. The molecule has 6 rings (SSSR count). The summed E-state index contributed by atoms with van der Waals surface area (Å²) in [7, 11) is 0. The van der Waals surface area contributed by atoms with Crippen molar-refractivity contribution in [2.75, 3.05) is 48.4 Å². The van der Waals surface area contributed by atoms with E-state index in [1.807, 2.05) is 35.2 Å². The maximum atomic E-state index is 14.2. The van der Waals surface area contributed by atoms with Crippen molar-refractivity contribution in [1.29, 1.82) is 0 Å². The lowest BCUT2D eigenvalue weighted by Crippen LogP contribution is -2.36. The van der Waals surface area contributed by atoms with Gasteiger partial charge >= 0.3 is 6.05 Å². The molecule has 1 saturated heterocycles. The van der Waals surface area contributed by atoms with Gasteiger partial charge in [-0.2, -0.15) is 18.7 Å². The fraction of sp³-hybridized carbons (Fsp3) is 0.269. The summed E-state index contributed by atoms with van der Waals surface area (Å²) in [4.78, 5) is 27.1. The number of benzene rings is 2. The summed E-state index contributed by atoms with van der Waals surface area (Å²) in [5, 5.41) is 22.0. The lowest BCUT2D eigenvalue weighted by molar-refractivity contribution is -0.0241. The van der Waals surface area contributed by atoms with E-state index in [0.717, 1.165) is 5.56 Å². The van der Waals surface area contributed by atoms with Crippen LogP contribution in [0.5, 0.6) is 0 Å². The molecule has 1 amide bonds. The molecule has 4 heterocycles. The van der Waals surface area contributed by atoms with Crippen molar-refractivity contribution in [3.63, 3.8) is 0 Å². The molecule has 206 valence electrons. The van der Waals surface area contributed by atoms with Crippen LogP contribution in [0.4, 0.5) is 32.2 Å². The standard InChI is InChI=1S/C26H24F2N8O4/c27-26(28)19-12-16(6-7-17(19)22(38)34-26)30-24-29-13-18(23-33-25(35-40-23)36-8-10-39-11-9-36)21(32-24)31-20(14-37)15-4-2-1-3-5-15/h1-7,12-13,20,37H,8-11,14H2,(H,34,38)(H2,29,30,31,32)/t20-/m1/s1. The zero-order valence-electron chi connectivity index (χ0n) is 21.0. The maximum absolute atomic E-state index is 14.2. The molecule has 0 spiro atoms. The maximum Gasteiger partial charge on any atom is 0.353 e. The number of nitrogens with zero attached hydrogens (tertiary/aromatic N) is 5. The minimum Gasteiger partial charge on any atom is -0.394 e. The third-order valence-corrected chi connectivity index (χ3v) is 6.55. The van der Waals surface area contributed by atoms with Gasteiger partial charge in [-0.15, -0.1) is 0 Å². The van der Waals surface area contributed by atoms with Crippen LogP contribution in [0.25, 0.3) is 11.5 Å². The van der Waals surface area contributed by atoms with Gasteiger partial charge in [0.15, 0.2) is 0 Å². The minimum absolute atomic E-state index is 0.0736. The van der Waals surface area contributed by atoms with Crippen LogP contribution in [0.2, 0.25) is 0 Å². The van der Waals surface area contributed by atoms with Gasteiger partial charge in [0.25, 0.3) is 17.7 Å². The minimum atomic E-state index is -3.48. The second-order valence-corrected chi connectivity index (χ2v) is 9.16. The lowest BCUT2D eigenvalue weighted by Gasteiger charge is -2.24. The Bertz CT molecular complexity index is 1530. The number of carbonyl (C=O) groups excluding carboxylic acids is 1. The number of carbonyl (C=O) groups is 1. The summed E-state index contributed by atoms with van der Waals surface area (Å²) < 4.78 is 39.4. The molecule has 0 unspecified atom stereocenters. The Morgan fingerprint density at radius 1 is 1.10 bits per heavy atom. The molecule has 12 nitrogen and oxygen atoms in total. The van der Waals surface area contributed by atoms with E-state index in [1.54, 1.807) is 5.32 Å². The summed E-state index contributed by atoms with van der Waals surface area (Å²) in [6.07, 6.45) is 1.46. The number of anilines is 4. The smallest absolute Gasteiger partial charge is 0.353 e. The average molecular weight is 551 g/mol. The molecule has 2 aliphatic rings. The van der Waals surface area contributed by atoms with E-state index in [0.29, 0.717) is 37.8 Å². The molecular weight excluding hydrogens is 526 g/mol. The second-order valence-electron chi connectivity index (χ2n) is 9.16. The molecule has 4 N–H and O–H groups in total. The number of amides is 1. The van der Waals surface area contributed by atoms with Gasteiger partial charge in [-0.1, -0.05) is 30.3 Å². The molecule has 0 radical (unpaired) electrons. The Kier molecular flexibility index (Phi) is 6.69. The van der Waals surface area contributed by atoms with Gasteiger partial charge in [-0.05, 0) is 28.9 Å². The highest BCUT2D eigenvalue weighted by Gasteiger charge is 2.44. The Hall–Kier alpha value is -4.69. The van der Waals surface area contributed by atoms with Crippen molar-refractivity contribution >= 4 is 29.3 Å². The fourth-order valence-corrected chi connectivity index (χ4v) is 4.50. The van der Waals surface area contributed by atoms with Crippen LogP contribution < -0.4 is 20.9 Å². The highest BCUT2D eigenvalue weighted by Crippen LogP contribution is 2.36. The van der Waals surface area contributed by atoms with Gasteiger partial charge < -0.3 is 29.9 Å². The van der Waals surface area contributed by atoms with E-state index < -0.39 is 23.6 Å². The fourth-order valence-electron chi connectivity index (χ4n) is 4.50. The number of aliphatic hydroxyl groups excluding tert-OH is 1. The Balaban J connectivity index is 1.34. The first-order valence-corrected chi connectivity index (χ1v) is 12.5. The molecule has 2 aliphatic heterocycles. The molecule has 0 bridgehead atoms. The zero-order chi connectivity index (χ0) is 27.7. The van der Waals surface area contributed by atoms with Crippen molar-refractivity contribution in [2.45, 2.75) is 12.1 Å². The van der Waals surface area contributed by atoms with Gasteiger partial charge in [0.1, 0.15) is 11.4 Å². The number of morpholine rings is 1. The summed E-state index contributed by atoms with van der Waals surface area (Å²) in [5.41, 5.74) is 0.894. The normalized spacial score (nSPS) is 16.8. The van der Waals surface area contributed by atoms with Gasteiger partial charge in [-0.3, -0.25) is 10.1 Å². The van der Waals surface area contributed by atoms with E-state index in [4.69, 9.17) is 9.26 Å². The molecule has 14 heteroatoms. The number of hydrogen-bond donors (Lipinski definition) is 4. The van der Waals surface area contributed by atoms with Crippen LogP contribution in [0, 0.1) is 0 Å². The van der Waals surface area contributed by atoms with Gasteiger partial charge in [0.05, 0.1) is 37.0 Å². The van der Waals surface area contributed by atoms with Crippen LogP contribution in [-0.2, 0) is 10.8 Å². The quantitative estimate of drug-likeness (QED) is 0.240. The predicted molar refractivity (Wildman–Crippen MR) is 139 cm³/mol. The van der Waals surface area contributed by atoms with E-state index >= 15 is 0 Å². The topological polar surface area (TPSA) is 151 Å². The van der Waals surface area contributed by atoms with Crippen LogP contribution in [0.1, 0.15) is 27.5 Å². The highest BCUT2D eigenvalue weighted by atomic mass is 19.3. The summed E-state index contributed by atoms with van der Waals surface area (Å²) in [6.45, 7) is 2.08. The molecule has 4 aromatic rings. The number of alkyl halides is 2. The summed E-state index contributed by atoms with van der Waals surface area (Å²) in [5.74, 6) is 0.0495. The molecule has 1 atom stereocenters. The molecule has 2 aromatic heterocycles. The molecule has 1 fully saturated rings. The van der Waals surface area contributed by atoms with E-state index in [9.17, 15) is 18.7 Å². The van der Waals surface area contributed by atoms with Crippen molar-refractivity contribution in [2.24, 2.45) is 0 Å². The third-order valence-electron chi connectivity index (χ3n) is 6.55. The van der Waals surface area contributed by atoms with Crippen molar-refractivity contribution in [3.05, 3.63) is 71.4 Å². The van der Waals surface area contributed by atoms with Crippen LogP contribution in [0.15, 0.2) is 59.3 Å². The van der Waals surface area contributed by atoms with Crippen molar-refractivity contribution in [1.82, 2.24) is 25.4 Å². The Morgan fingerprint density at radius 3 is 2.67 bits per heavy atom. The number of hydrogen-bond acceptors (Lipinski definition) is 11. The van der Waals surface area contributed by atoms with Crippen LogP contribution >= 0.6 is 0 Å². The van der Waals surface area contributed by atoms with E-state index in [1.165, 1.54) is 24.4 Å². The Morgan fingerprint density at radius 2 is 1.90 bits per heavy atom. The molecular formula is C26H24F2N8O4. The number of ether oxygens (including phenoxy) is 1. The average Bonchev–Trinajstić information content (AvgIpc) is 3.55. The summed E-state index contributed by atoms with van der Waals surface area (Å²) in [6, 6.07) is 9.22. The van der Waals surface area contributed by atoms with Crippen molar-refractivity contribution < 1.29 is 27.9 Å². The van der Waals surface area contributed by atoms with Crippen molar-refractivity contribution in [3.8, 4) is 11.5 Å². The first-order chi connectivity index (χ1) is 19.4. The number of nitrogens with one attached hydrogen (secondary N) is 3. The Labute approximate surface area is 226 Å². The third kappa shape index (κ3) is 5.01. The summed E-state index contributed by atoms with van der Waals surface area (Å²) >= 11 is 0. The van der Waals surface area contributed by atoms with E-state index in [2.05, 4.69) is 30.7 Å². The van der Waals surface area contributed by atoms with E-state index in [-0.39, 0.29) is 35.5 Å². The molecule has 2 aromatic carbocycles. The largest absolute Gasteiger partial charge is 0.394 e. The number of halogens is 2. The number of aromatic nitrogens is 4. The van der Waals surface area contributed by atoms with Crippen LogP contribution in [0.3, 0.4) is 0 Å². The second kappa shape index (κ2) is 10.5. The number of fused-ring (bicyclic) bond motifs is 1. The van der Waals surface area contributed by atoms with Gasteiger partial charge in [-0.25, -0.2) is 4.98 Å². The van der Waals surface area contributed by atoms with Gasteiger partial charge in [0.2, 0.25) is 5.95 Å². The predicted octanol–water partition coefficient (Wildman–Crippen LogP) is 3.05. The molecule has 0 aliphatic carbocycles. The number of rotatable bonds is 8. The monoisotopic (exact) mass is 550 g/mol. The molecule has 0 saturated carbocycles. The number of aliphatic hydroxyl groups is 1. The highest BCUT2D eigenvalue weighted by molar-refractivity contribution is 6.00.